The monoisotopic (exact) mass is 247 g/mol. The van der Waals surface area contributed by atoms with Crippen LogP contribution < -0.4 is 5.32 Å². The molecule has 0 aliphatic heterocycles. The molecule has 0 heterocycles. The van der Waals surface area contributed by atoms with Gasteiger partial charge in [-0.1, -0.05) is 39.0 Å². The third-order valence-corrected chi connectivity index (χ3v) is 3.45. The molecule has 0 bridgehead atoms. The maximum absolute atomic E-state index is 3.70. The lowest BCUT2D eigenvalue weighted by Gasteiger charge is -2.33. The molecule has 0 saturated heterocycles. The number of hydrogen-bond donors (Lipinski definition) is 1. The van der Waals surface area contributed by atoms with Crippen LogP contribution in [0.25, 0.3) is 0 Å². The van der Waals surface area contributed by atoms with E-state index in [1.165, 1.54) is 23.1 Å². The molecule has 0 saturated carbocycles. The third-order valence-electron chi connectivity index (χ3n) is 3.45. The Hall–Kier alpha value is -0.820. The number of hydrogen-bond acceptors (Lipinski definition) is 1. The van der Waals surface area contributed by atoms with Gasteiger partial charge in [0.2, 0.25) is 0 Å². The Kier molecular flexibility index (Phi) is 4.61. The van der Waals surface area contributed by atoms with Crippen LogP contribution in [0.4, 0.5) is 0 Å². The van der Waals surface area contributed by atoms with Gasteiger partial charge in [0.25, 0.3) is 0 Å². The van der Waals surface area contributed by atoms with Crippen molar-refractivity contribution in [3.8, 4) is 0 Å². The van der Waals surface area contributed by atoms with E-state index in [2.05, 4.69) is 72.0 Å². The number of benzene rings is 1. The standard InChI is InChI=1S/C17H29N/c1-13-9-8-10-15(14(13)2)11-18-17(6,7)12-16(3,4)5/h8-10,18H,11-12H2,1-7H3. The second kappa shape index (κ2) is 5.44. The number of rotatable bonds is 4. The second-order valence-electron chi connectivity index (χ2n) is 7.33. The summed E-state index contributed by atoms with van der Waals surface area (Å²) in [4.78, 5) is 0. The Labute approximate surface area is 113 Å². The molecule has 0 aliphatic rings. The van der Waals surface area contributed by atoms with Crippen molar-refractivity contribution in [2.75, 3.05) is 0 Å². The molecule has 102 valence electrons. The van der Waals surface area contributed by atoms with E-state index in [1.54, 1.807) is 0 Å². The maximum atomic E-state index is 3.70. The van der Waals surface area contributed by atoms with Crippen molar-refractivity contribution < 1.29 is 0 Å². The average molecular weight is 247 g/mol. The topological polar surface area (TPSA) is 12.0 Å². The van der Waals surface area contributed by atoms with Crippen LogP contribution in [0.15, 0.2) is 18.2 Å². The minimum absolute atomic E-state index is 0.175. The van der Waals surface area contributed by atoms with Gasteiger partial charge in [0.15, 0.2) is 0 Å². The highest BCUT2D eigenvalue weighted by Crippen LogP contribution is 2.27. The highest BCUT2D eigenvalue weighted by molar-refractivity contribution is 5.33. The first-order chi connectivity index (χ1) is 8.11. The van der Waals surface area contributed by atoms with Crippen molar-refractivity contribution in [3.05, 3.63) is 34.9 Å². The van der Waals surface area contributed by atoms with Crippen molar-refractivity contribution in [1.29, 1.82) is 0 Å². The molecule has 0 unspecified atom stereocenters. The van der Waals surface area contributed by atoms with Gasteiger partial charge >= 0.3 is 0 Å². The summed E-state index contributed by atoms with van der Waals surface area (Å²) < 4.78 is 0. The van der Waals surface area contributed by atoms with Gasteiger partial charge < -0.3 is 5.32 Å². The summed E-state index contributed by atoms with van der Waals surface area (Å²) in [6.07, 6.45) is 1.17. The largest absolute Gasteiger partial charge is 0.308 e. The van der Waals surface area contributed by atoms with Crippen LogP contribution in [-0.2, 0) is 6.54 Å². The van der Waals surface area contributed by atoms with Gasteiger partial charge in [-0.05, 0) is 56.2 Å². The Morgan fingerprint density at radius 2 is 1.61 bits per heavy atom. The second-order valence-corrected chi connectivity index (χ2v) is 7.33. The predicted octanol–water partition coefficient (Wildman–Crippen LogP) is 4.61. The van der Waals surface area contributed by atoms with E-state index in [9.17, 15) is 0 Å². The number of nitrogens with one attached hydrogen (secondary N) is 1. The van der Waals surface area contributed by atoms with E-state index in [0.29, 0.717) is 5.41 Å². The molecule has 18 heavy (non-hydrogen) atoms. The summed E-state index contributed by atoms with van der Waals surface area (Å²) in [5.41, 5.74) is 4.74. The molecule has 1 aromatic rings. The predicted molar refractivity (Wildman–Crippen MR) is 80.9 cm³/mol. The van der Waals surface area contributed by atoms with Gasteiger partial charge in [0, 0.05) is 12.1 Å². The van der Waals surface area contributed by atoms with Crippen LogP contribution in [0.5, 0.6) is 0 Å². The van der Waals surface area contributed by atoms with Crippen LogP contribution in [0, 0.1) is 19.3 Å². The molecule has 0 radical (unpaired) electrons. The van der Waals surface area contributed by atoms with Crippen LogP contribution in [0.2, 0.25) is 0 Å². The normalized spacial score (nSPS) is 12.8. The van der Waals surface area contributed by atoms with Crippen molar-refractivity contribution in [2.24, 2.45) is 5.41 Å². The Morgan fingerprint density at radius 3 is 2.17 bits per heavy atom. The zero-order chi connectivity index (χ0) is 14.0. The molecule has 1 aromatic carbocycles. The van der Waals surface area contributed by atoms with Crippen LogP contribution >= 0.6 is 0 Å². The highest BCUT2D eigenvalue weighted by atomic mass is 15.0. The van der Waals surface area contributed by atoms with Gasteiger partial charge in [-0.25, -0.2) is 0 Å². The van der Waals surface area contributed by atoms with Crippen molar-refractivity contribution in [3.63, 3.8) is 0 Å². The van der Waals surface area contributed by atoms with E-state index in [1.807, 2.05) is 0 Å². The first-order valence-electron chi connectivity index (χ1n) is 6.91. The minimum atomic E-state index is 0.175. The summed E-state index contributed by atoms with van der Waals surface area (Å²) in [6, 6.07) is 6.55. The SMILES string of the molecule is Cc1cccc(CNC(C)(C)CC(C)(C)C)c1C. The van der Waals surface area contributed by atoms with Gasteiger partial charge in [0.1, 0.15) is 0 Å². The van der Waals surface area contributed by atoms with Crippen LogP contribution in [0.3, 0.4) is 0 Å². The molecule has 0 fully saturated rings. The maximum Gasteiger partial charge on any atom is 0.0213 e. The van der Waals surface area contributed by atoms with Gasteiger partial charge in [-0.2, -0.15) is 0 Å². The Balaban J connectivity index is 2.67. The Bertz CT molecular complexity index is 397. The zero-order valence-electron chi connectivity index (χ0n) is 13.1. The minimum Gasteiger partial charge on any atom is -0.308 e. The quantitative estimate of drug-likeness (QED) is 0.819. The first-order valence-corrected chi connectivity index (χ1v) is 6.91. The fourth-order valence-corrected chi connectivity index (χ4v) is 2.73. The summed E-state index contributed by atoms with van der Waals surface area (Å²) in [6.45, 7) is 16.8. The zero-order valence-corrected chi connectivity index (χ0v) is 13.1. The summed E-state index contributed by atoms with van der Waals surface area (Å²) in [7, 11) is 0. The summed E-state index contributed by atoms with van der Waals surface area (Å²) in [5, 5.41) is 3.70. The van der Waals surface area contributed by atoms with Crippen LogP contribution in [0.1, 0.15) is 57.7 Å². The molecule has 1 nitrogen and oxygen atoms in total. The molecule has 1 rings (SSSR count). The van der Waals surface area contributed by atoms with Gasteiger partial charge in [-0.15, -0.1) is 0 Å². The third kappa shape index (κ3) is 4.81. The molecule has 0 aromatic heterocycles. The van der Waals surface area contributed by atoms with Gasteiger partial charge in [0.05, 0.1) is 0 Å². The lowest BCUT2D eigenvalue weighted by Crippen LogP contribution is -2.42. The fraction of sp³-hybridized carbons (Fsp3) is 0.647. The lowest BCUT2D eigenvalue weighted by atomic mass is 9.81. The molecule has 0 aliphatic carbocycles. The van der Waals surface area contributed by atoms with Crippen molar-refractivity contribution in [1.82, 2.24) is 5.32 Å². The highest BCUT2D eigenvalue weighted by Gasteiger charge is 2.24. The van der Waals surface area contributed by atoms with E-state index >= 15 is 0 Å². The Morgan fingerprint density at radius 1 is 1.00 bits per heavy atom. The lowest BCUT2D eigenvalue weighted by molar-refractivity contribution is 0.240. The molecular formula is C17H29N. The number of aryl methyl sites for hydroxylation is 1. The van der Waals surface area contributed by atoms with Crippen molar-refractivity contribution in [2.45, 2.75) is 67.0 Å². The molecule has 0 atom stereocenters. The average Bonchev–Trinajstić information content (AvgIpc) is 2.17. The molecular weight excluding hydrogens is 218 g/mol. The smallest absolute Gasteiger partial charge is 0.0213 e. The molecule has 0 amide bonds. The van der Waals surface area contributed by atoms with E-state index in [0.717, 1.165) is 6.54 Å². The molecule has 1 heteroatoms. The van der Waals surface area contributed by atoms with E-state index < -0.39 is 0 Å². The fourth-order valence-electron chi connectivity index (χ4n) is 2.73. The van der Waals surface area contributed by atoms with E-state index in [4.69, 9.17) is 0 Å². The first kappa shape index (κ1) is 15.2. The summed E-state index contributed by atoms with van der Waals surface area (Å²) >= 11 is 0. The molecule has 0 spiro atoms. The molecule has 1 N–H and O–H groups in total. The summed E-state index contributed by atoms with van der Waals surface area (Å²) in [5.74, 6) is 0. The van der Waals surface area contributed by atoms with Gasteiger partial charge in [-0.3, -0.25) is 0 Å². The van der Waals surface area contributed by atoms with Crippen molar-refractivity contribution >= 4 is 0 Å². The van der Waals surface area contributed by atoms with Crippen LogP contribution in [-0.4, -0.2) is 5.54 Å². The van der Waals surface area contributed by atoms with E-state index in [-0.39, 0.29) is 5.54 Å².